The molecule has 9 nitrogen and oxygen atoms in total. The molecule has 0 bridgehead atoms. The van der Waals surface area contributed by atoms with Gasteiger partial charge in [0.15, 0.2) is 5.65 Å². The third-order valence-corrected chi connectivity index (χ3v) is 5.91. The van der Waals surface area contributed by atoms with Crippen LogP contribution in [0.3, 0.4) is 0 Å². The second kappa shape index (κ2) is 11.4. The molecule has 1 amide bonds. The number of halogens is 2. The summed E-state index contributed by atoms with van der Waals surface area (Å²) in [7, 11) is 1.71. The van der Waals surface area contributed by atoms with Gasteiger partial charge in [-0.25, -0.2) is 18.3 Å². The summed E-state index contributed by atoms with van der Waals surface area (Å²) in [6, 6.07) is 4.61. The molecule has 0 unspecified atom stereocenters. The fourth-order valence-corrected chi connectivity index (χ4v) is 4.03. The quantitative estimate of drug-likeness (QED) is 0.408. The molecule has 1 fully saturated rings. The van der Waals surface area contributed by atoms with E-state index in [4.69, 9.17) is 4.74 Å². The predicted molar refractivity (Wildman–Crippen MR) is 135 cm³/mol. The first kappa shape index (κ1) is 25.5. The Balaban J connectivity index is 0.000000556. The number of ether oxygens (including phenoxy) is 1. The second-order valence-electron chi connectivity index (χ2n) is 8.62. The standard InChI is InChI=1S/C20H19F2N7O2.C5H12/c1-27-11-12-8-16(13(18(21)22)9-15(12)26-27)24-20(30)14-10-23-29-3-2-17(25-19(14)29)28-4-6-31-7-5-28;1-3-5-4-2/h2-3,8-11,18H,4-7H2,1H3,(H,24,30);3-5H2,1-2H3. The Bertz CT molecular complexity index is 1330. The van der Waals surface area contributed by atoms with Gasteiger partial charge in [-0.15, -0.1) is 0 Å². The first-order valence-corrected chi connectivity index (χ1v) is 12.1. The molecule has 0 atom stereocenters. The average Bonchev–Trinajstić information content (AvgIpc) is 3.46. The van der Waals surface area contributed by atoms with E-state index in [9.17, 15) is 13.6 Å². The van der Waals surface area contributed by atoms with Gasteiger partial charge in [0.25, 0.3) is 12.3 Å². The normalized spacial score (nSPS) is 13.8. The minimum absolute atomic E-state index is 0.0317. The molecule has 4 heterocycles. The topological polar surface area (TPSA) is 89.6 Å². The lowest BCUT2D eigenvalue weighted by atomic mass is 10.1. The van der Waals surface area contributed by atoms with Crippen molar-refractivity contribution in [2.75, 3.05) is 36.5 Å². The average molecular weight is 500 g/mol. The van der Waals surface area contributed by atoms with Gasteiger partial charge in [0.05, 0.1) is 30.6 Å². The van der Waals surface area contributed by atoms with Crippen LogP contribution in [0, 0.1) is 0 Å². The molecule has 1 aliphatic heterocycles. The molecule has 4 aromatic rings. The number of hydrogen-bond donors (Lipinski definition) is 1. The zero-order valence-electron chi connectivity index (χ0n) is 20.7. The summed E-state index contributed by atoms with van der Waals surface area (Å²) in [4.78, 5) is 19.6. The molecule has 1 N–H and O–H groups in total. The van der Waals surface area contributed by atoms with E-state index in [1.807, 2.05) is 6.07 Å². The zero-order valence-corrected chi connectivity index (χ0v) is 20.7. The SMILES string of the molecule is CCCCC.Cn1cc2cc(NC(=O)c3cnn4ccc(N5CCOCC5)nc34)c(C(F)F)cc2n1. The summed E-state index contributed by atoms with van der Waals surface area (Å²) in [5, 5.41) is 11.6. The molecule has 5 rings (SSSR count). The Morgan fingerprint density at radius 2 is 1.94 bits per heavy atom. The van der Waals surface area contributed by atoms with Crippen molar-refractivity contribution in [1.29, 1.82) is 0 Å². The summed E-state index contributed by atoms with van der Waals surface area (Å²) in [5.41, 5.74) is 0.718. The van der Waals surface area contributed by atoms with Crippen LogP contribution in [0.15, 0.2) is 36.8 Å². The molecule has 192 valence electrons. The highest BCUT2D eigenvalue weighted by atomic mass is 19.3. The molecule has 0 aliphatic carbocycles. The number of benzene rings is 1. The number of aryl methyl sites for hydroxylation is 1. The molecule has 1 saturated heterocycles. The predicted octanol–water partition coefficient (Wildman–Crippen LogP) is 4.84. The number of unbranched alkanes of at least 4 members (excludes halogenated alkanes) is 2. The van der Waals surface area contributed by atoms with Gasteiger partial charge in [-0.05, 0) is 18.2 Å². The number of nitrogens with one attached hydrogen (secondary N) is 1. The van der Waals surface area contributed by atoms with Crippen molar-refractivity contribution in [2.45, 2.75) is 39.5 Å². The van der Waals surface area contributed by atoms with E-state index in [1.165, 1.54) is 46.8 Å². The number of amides is 1. The number of anilines is 2. The largest absolute Gasteiger partial charge is 0.378 e. The van der Waals surface area contributed by atoms with E-state index >= 15 is 0 Å². The highest BCUT2D eigenvalue weighted by Gasteiger charge is 2.21. The van der Waals surface area contributed by atoms with Crippen LogP contribution in [0.25, 0.3) is 16.6 Å². The van der Waals surface area contributed by atoms with Crippen molar-refractivity contribution in [2.24, 2.45) is 7.05 Å². The smallest absolute Gasteiger partial charge is 0.265 e. The van der Waals surface area contributed by atoms with E-state index in [0.29, 0.717) is 48.7 Å². The second-order valence-corrected chi connectivity index (χ2v) is 8.62. The van der Waals surface area contributed by atoms with Crippen LogP contribution in [0.5, 0.6) is 0 Å². The monoisotopic (exact) mass is 499 g/mol. The molecule has 3 aromatic heterocycles. The number of fused-ring (bicyclic) bond motifs is 2. The van der Waals surface area contributed by atoms with Crippen LogP contribution in [-0.2, 0) is 11.8 Å². The first-order valence-electron chi connectivity index (χ1n) is 12.1. The fourth-order valence-electron chi connectivity index (χ4n) is 4.03. The molecule has 36 heavy (non-hydrogen) atoms. The fraction of sp³-hybridized carbons (Fsp3) is 0.440. The maximum atomic E-state index is 13.6. The number of aromatic nitrogens is 5. The number of alkyl halides is 2. The number of rotatable bonds is 6. The lowest BCUT2D eigenvalue weighted by Gasteiger charge is -2.27. The van der Waals surface area contributed by atoms with E-state index in [2.05, 4.69) is 39.2 Å². The maximum absolute atomic E-state index is 13.6. The van der Waals surface area contributed by atoms with Gasteiger partial charge < -0.3 is 15.0 Å². The lowest BCUT2D eigenvalue weighted by molar-refractivity contribution is 0.102. The summed E-state index contributed by atoms with van der Waals surface area (Å²) in [5.74, 6) is 0.141. The Labute approximate surface area is 208 Å². The summed E-state index contributed by atoms with van der Waals surface area (Å²) in [6.07, 6.45) is 6.11. The van der Waals surface area contributed by atoms with Crippen molar-refractivity contribution in [1.82, 2.24) is 24.4 Å². The van der Waals surface area contributed by atoms with Gasteiger partial charge >= 0.3 is 0 Å². The highest BCUT2D eigenvalue weighted by Crippen LogP contribution is 2.31. The molecule has 11 heteroatoms. The summed E-state index contributed by atoms with van der Waals surface area (Å²) >= 11 is 0. The van der Waals surface area contributed by atoms with Crippen LogP contribution < -0.4 is 10.2 Å². The van der Waals surface area contributed by atoms with Gasteiger partial charge in [0.2, 0.25) is 0 Å². The van der Waals surface area contributed by atoms with Crippen LogP contribution in [0.4, 0.5) is 20.3 Å². The van der Waals surface area contributed by atoms with Crippen LogP contribution >= 0.6 is 0 Å². The third-order valence-electron chi connectivity index (χ3n) is 5.91. The number of nitrogens with zero attached hydrogens (tertiary/aromatic N) is 6. The number of carbonyl (C=O) groups excluding carboxylic acids is 1. The Hall–Kier alpha value is -3.60. The molecule has 1 aliphatic rings. The minimum Gasteiger partial charge on any atom is -0.378 e. The van der Waals surface area contributed by atoms with E-state index in [-0.39, 0.29) is 16.8 Å². The highest BCUT2D eigenvalue weighted by molar-refractivity contribution is 6.09. The zero-order chi connectivity index (χ0) is 25.7. The molecular formula is C25H31F2N7O2. The summed E-state index contributed by atoms with van der Waals surface area (Å²) in [6.45, 7) is 7.02. The van der Waals surface area contributed by atoms with E-state index in [1.54, 1.807) is 19.4 Å². The van der Waals surface area contributed by atoms with Crippen LogP contribution in [0.1, 0.15) is 55.5 Å². The maximum Gasteiger partial charge on any atom is 0.265 e. The van der Waals surface area contributed by atoms with Crippen LogP contribution in [0.2, 0.25) is 0 Å². The minimum atomic E-state index is -2.77. The molecule has 1 aromatic carbocycles. The van der Waals surface area contributed by atoms with Gasteiger partial charge in [0, 0.05) is 43.5 Å². The Kier molecular flexibility index (Phi) is 8.09. The van der Waals surface area contributed by atoms with Crippen molar-refractivity contribution in [3.63, 3.8) is 0 Å². The van der Waals surface area contributed by atoms with Gasteiger partial charge in [0.1, 0.15) is 11.4 Å². The van der Waals surface area contributed by atoms with Crippen molar-refractivity contribution in [3.8, 4) is 0 Å². The molecule has 0 saturated carbocycles. The van der Waals surface area contributed by atoms with Crippen LogP contribution in [-0.4, -0.2) is 56.6 Å². The van der Waals surface area contributed by atoms with E-state index in [0.717, 1.165) is 0 Å². The number of morpholine rings is 1. The van der Waals surface area contributed by atoms with E-state index < -0.39 is 12.3 Å². The number of hydrogen-bond acceptors (Lipinski definition) is 6. The lowest BCUT2D eigenvalue weighted by Crippen LogP contribution is -2.36. The number of carbonyl (C=O) groups is 1. The van der Waals surface area contributed by atoms with Crippen molar-refractivity contribution < 1.29 is 18.3 Å². The Morgan fingerprint density at radius 3 is 2.61 bits per heavy atom. The van der Waals surface area contributed by atoms with Gasteiger partial charge in [-0.3, -0.25) is 9.48 Å². The summed E-state index contributed by atoms with van der Waals surface area (Å²) < 4.78 is 35.7. The third kappa shape index (κ3) is 5.62. The first-order chi connectivity index (χ1) is 17.4. The van der Waals surface area contributed by atoms with Crippen molar-refractivity contribution >= 4 is 34.0 Å². The van der Waals surface area contributed by atoms with Gasteiger partial charge in [-0.2, -0.15) is 10.2 Å². The Morgan fingerprint density at radius 1 is 1.19 bits per heavy atom. The van der Waals surface area contributed by atoms with Gasteiger partial charge in [-0.1, -0.05) is 33.1 Å². The molecule has 0 spiro atoms. The van der Waals surface area contributed by atoms with Crippen molar-refractivity contribution in [3.05, 3.63) is 47.9 Å². The molecule has 0 radical (unpaired) electrons. The molecular weight excluding hydrogens is 468 g/mol.